The molecule has 21 heavy (non-hydrogen) atoms. The number of rotatable bonds is 6. The topological polar surface area (TPSA) is 111 Å². The first-order chi connectivity index (χ1) is 9.94. The predicted octanol–water partition coefficient (Wildman–Crippen LogP) is 1.09. The van der Waals surface area contributed by atoms with Gasteiger partial charge in [0.1, 0.15) is 0 Å². The number of benzene rings is 1. The maximum Gasteiger partial charge on any atom is 0.291 e. The molecule has 0 saturated carbocycles. The lowest BCUT2D eigenvalue weighted by Gasteiger charge is -2.12. The Morgan fingerprint density at radius 1 is 1.48 bits per heavy atom. The number of hydrogen-bond donors (Lipinski definition) is 2. The van der Waals surface area contributed by atoms with E-state index in [9.17, 15) is 18.5 Å². The Morgan fingerprint density at radius 3 is 2.81 bits per heavy atom. The summed E-state index contributed by atoms with van der Waals surface area (Å²) in [4.78, 5) is 10.0. The zero-order valence-corrected chi connectivity index (χ0v) is 12.4. The third-order valence-corrected chi connectivity index (χ3v) is 4.73. The van der Waals surface area contributed by atoms with Crippen molar-refractivity contribution in [3.63, 3.8) is 0 Å². The van der Waals surface area contributed by atoms with Crippen LogP contribution in [0.25, 0.3) is 0 Å². The maximum atomic E-state index is 12.2. The summed E-state index contributed by atoms with van der Waals surface area (Å²) in [5.74, 6) is 0. The number of ether oxygens (including phenoxy) is 1. The van der Waals surface area contributed by atoms with Crippen molar-refractivity contribution in [1.29, 1.82) is 0 Å². The molecule has 0 bridgehead atoms. The molecule has 2 N–H and O–H groups in total. The fraction of sp³-hybridized carbons (Fsp3) is 0.500. The first-order valence-corrected chi connectivity index (χ1v) is 8.00. The van der Waals surface area contributed by atoms with Crippen molar-refractivity contribution in [2.75, 3.05) is 25.5 Å². The van der Waals surface area contributed by atoms with Gasteiger partial charge in [0.15, 0.2) is 4.90 Å². The summed E-state index contributed by atoms with van der Waals surface area (Å²) in [6.45, 7) is 0.733. The first kappa shape index (κ1) is 15.7. The Bertz CT molecular complexity index is 626. The number of nitrogens with zero attached hydrogens (tertiary/aromatic N) is 1. The summed E-state index contributed by atoms with van der Waals surface area (Å²) < 4.78 is 32.1. The second-order valence-corrected chi connectivity index (χ2v) is 6.41. The molecule has 0 radical (unpaired) electrons. The van der Waals surface area contributed by atoms with Crippen LogP contribution in [0.15, 0.2) is 23.1 Å². The quantitative estimate of drug-likeness (QED) is 0.600. The van der Waals surface area contributed by atoms with Crippen LogP contribution >= 0.6 is 0 Å². The highest BCUT2D eigenvalue weighted by atomic mass is 32.2. The summed E-state index contributed by atoms with van der Waals surface area (Å²) in [5.41, 5.74) is 0.0152. The second-order valence-electron chi connectivity index (χ2n) is 4.68. The number of hydrogen-bond acceptors (Lipinski definition) is 6. The van der Waals surface area contributed by atoms with Gasteiger partial charge in [-0.2, -0.15) is 0 Å². The van der Waals surface area contributed by atoms with Crippen LogP contribution in [0.5, 0.6) is 0 Å². The highest BCUT2D eigenvalue weighted by Crippen LogP contribution is 2.27. The zero-order chi connectivity index (χ0) is 15.5. The molecular formula is C12H17N3O5S. The van der Waals surface area contributed by atoms with Crippen LogP contribution in [-0.2, 0) is 14.8 Å². The van der Waals surface area contributed by atoms with E-state index in [0.717, 1.165) is 12.8 Å². The SMILES string of the molecule is CNc1ccc(S(=O)(=O)NCC2CCCO2)c([N+](=O)[O-])c1. The second kappa shape index (κ2) is 6.37. The third-order valence-electron chi connectivity index (χ3n) is 3.26. The Balaban J connectivity index is 2.23. The molecule has 2 rings (SSSR count). The lowest BCUT2D eigenvalue weighted by molar-refractivity contribution is -0.387. The fourth-order valence-electron chi connectivity index (χ4n) is 2.13. The van der Waals surface area contributed by atoms with Gasteiger partial charge in [-0.1, -0.05) is 0 Å². The van der Waals surface area contributed by atoms with E-state index >= 15 is 0 Å². The molecule has 1 saturated heterocycles. The highest BCUT2D eigenvalue weighted by Gasteiger charge is 2.27. The number of nitro benzene ring substituents is 1. The minimum Gasteiger partial charge on any atom is -0.388 e. The largest absolute Gasteiger partial charge is 0.388 e. The standard InChI is InChI=1S/C12H17N3O5S/c1-13-9-4-5-12(11(7-9)15(16)17)21(18,19)14-8-10-3-2-6-20-10/h4-5,7,10,13-14H,2-3,6,8H2,1H3. The minimum absolute atomic E-state index is 0.118. The van der Waals surface area contributed by atoms with Crippen LogP contribution in [0.2, 0.25) is 0 Å². The molecule has 0 aromatic heterocycles. The van der Waals surface area contributed by atoms with E-state index in [-0.39, 0.29) is 17.5 Å². The zero-order valence-electron chi connectivity index (χ0n) is 11.5. The van der Waals surface area contributed by atoms with Crippen LogP contribution in [-0.4, -0.2) is 39.6 Å². The van der Waals surface area contributed by atoms with Crippen LogP contribution < -0.4 is 10.0 Å². The van der Waals surface area contributed by atoms with Gasteiger partial charge in [-0.3, -0.25) is 10.1 Å². The molecule has 9 heteroatoms. The average Bonchev–Trinajstić information content (AvgIpc) is 2.98. The highest BCUT2D eigenvalue weighted by molar-refractivity contribution is 7.89. The van der Waals surface area contributed by atoms with Crippen LogP contribution in [0.1, 0.15) is 12.8 Å². The van der Waals surface area contributed by atoms with Gasteiger partial charge in [-0.25, -0.2) is 13.1 Å². The average molecular weight is 315 g/mol. The van der Waals surface area contributed by atoms with Crippen molar-refractivity contribution in [3.8, 4) is 0 Å². The van der Waals surface area contributed by atoms with Crippen molar-refractivity contribution in [3.05, 3.63) is 28.3 Å². The normalized spacial score (nSPS) is 18.6. The number of anilines is 1. The van der Waals surface area contributed by atoms with Crippen molar-refractivity contribution in [2.45, 2.75) is 23.8 Å². The van der Waals surface area contributed by atoms with Crippen molar-refractivity contribution in [2.24, 2.45) is 0 Å². The molecule has 1 atom stereocenters. The Hall–Kier alpha value is -1.71. The minimum atomic E-state index is -3.95. The molecule has 1 aromatic carbocycles. The lowest BCUT2D eigenvalue weighted by Crippen LogP contribution is -2.32. The number of nitrogens with one attached hydrogen (secondary N) is 2. The molecule has 1 heterocycles. The lowest BCUT2D eigenvalue weighted by atomic mass is 10.2. The van der Waals surface area contributed by atoms with Crippen LogP contribution in [0, 0.1) is 10.1 Å². The molecule has 116 valence electrons. The molecule has 1 aliphatic heterocycles. The predicted molar refractivity (Wildman–Crippen MR) is 76.8 cm³/mol. The molecule has 8 nitrogen and oxygen atoms in total. The van der Waals surface area contributed by atoms with Crippen LogP contribution in [0.4, 0.5) is 11.4 Å². The smallest absolute Gasteiger partial charge is 0.291 e. The van der Waals surface area contributed by atoms with E-state index in [4.69, 9.17) is 4.74 Å². The van der Waals surface area contributed by atoms with E-state index in [1.807, 2.05) is 0 Å². The van der Waals surface area contributed by atoms with Crippen molar-refractivity contribution >= 4 is 21.4 Å². The molecular weight excluding hydrogens is 298 g/mol. The molecule has 1 aliphatic rings. The third kappa shape index (κ3) is 3.69. The van der Waals surface area contributed by atoms with E-state index in [2.05, 4.69) is 10.0 Å². The molecule has 0 spiro atoms. The van der Waals surface area contributed by atoms with E-state index in [1.54, 1.807) is 7.05 Å². The van der Waals surface area contributed by atoms with Gasteiger partial charge in [0.25, 0.3) is 5.69 Å². The van der Waals surface area contributed by atoms with Gasteiger partial charge in [0.05, 0.1) is 11.0 Å². The Kier molecular flexibility index (Phi) is 4.76. The summed E-state index contributed by atoms with van der Waals surface area (Å²) in [6.07, 6.45) is 1.50. The first-order valence-electron chi connectivity index (χ1n) is 6.51. The summed E-state index contributed by atoms with van der Waals surface area (Å²) in [5, 5.41) is 13.8. The van der Waals surface area contributed by atoms with Gasteiger partial charge >= 0.3 is 0 Å². The molecule has 1 fully saturated rings. The summed E-state index contributed by atoms with van der Waals surface area (Å²) in [6, 6.07) is 3.90. The van der Waals surface area contributed by atoms with Gasteiger partial charge in [0.2, 0.25) is 10.0 Å². The van der Waals surface area contributed by atoms with Gasteiger partial charge in [0, 0.05) is 32.0 Å². The maximum absolute atomic E-state index is 12.2. The molecule has 0 amide bonds. The van der Waals surface area contributed by atoms with E-state index < -0.39 is 20.6 Å². The Morgan fingerprint density at radius 2 is 2.24 bits per heavy atom. The number of sulfonamides is 1. The summed E-state index contributed by atoms with van der Waals surface area (Å²) in [7, 11) is -2.35. The molecule has 0 aliphatic carbocycles. The van der Waals surface area contributed by atoms with Crippen molar-refractivity contribution in [1.82, 2.24) is 4.72 Å². The van der Waals surface area contributed by atoms with Crippen molar-refractivity contribution < 1.29 is 18.1 Å². The van der Waals surface area contributed by atoms with Crippen LogP contribution in [0.3, 0.4) is 0 Å². The van der Waals surface area contributed by atoms with E-state index in [0.29, 0.717) is 12.3 Å². The molecule has 1 aromatic rings. The molecule has 1 unspecified atom stereocenters. The van der Waals surface area contributed by atoms with Gasteiger partial charge in [-0.15, -0.1) is 0 Å². The fourth-order valence-corrected chi connectivity index (χ4v) is 3.35. The monoisotopic (exact) mass is 315 g/mol. The number of nitro groups is 1. The van der Waals surface area contributed by atoms with Gasteiger partial charge < -0.3 is 10.1 Å². The van der Waals surface area contributed by atoms with E-state index in [1.165, 1.54) is 18.2 Å². The summed E-state index contributed by atoms with van der Waals surface area (Å²) >= 11 is 0. The Labute approximate surface area is 122 Å². The van der Waals surface area contributed by atoms with Gasteiger partial charge in [-0.05, 0) is 25.0 Å².